The van der Waals surface area contributed by atoms with Crippen molar-refractivity contribution in [3.63, 3.8) is 0 Å². The summed E-state index contributed by atoms with van der Waals surface area (Å²) < 4.78 is 54.1. The third-order valence-electron chi connectivity index (χ3n) is 12.6. The maximum Gasteiger partial charge on any atom is 0.411 e. The number of aliphatic hydroxyl groups is 1. The number of carbonyl (C=O) groups excluding carboxylic acids is 4. The van der Waals surface area contributed by atoms with Crippen LogP contribution in [0.3, 0.4) is 0 Å². The molecule has 0 aliphatic carbocycles. The predicted molar refractivity (Wildman–Crippen MR) is 217 cm³/mol. The normalized spacial score (nSPS) is 36.4. The van der Waals surface area contributed by atoms with Gasteiger partial charge < -0.3 is 38.4 Å². The van der Waals surface area contributed by atoms with Gasteiger partial charge in [0.2, 0.25) is 0 Å². The van der Waals surface area contributed by atoms with Gasteiger partial charge in [0.15, 0.2) is 17.7 Å². The molecule has 5 heterocycles. The van der Waals surface area contributed by atoms with Crippen LogP contribution in [0.2, 0.25) is 0 Å². The zero-order valence-electron chi connectivity index (χ0n) is 37.2. The first-order chi connectivity index (χ1) is 28.6. The highest BCUT2D eigenvalue weighted by Gasteiger charge is 2.61. The van der Waals surface area contributed by atoms with Gasteiger partial charge >= 0.3 is 12.1 Å². The van der Waals surface area contributed by atoms with E-state index in [9.17, 15) is 24.3 Å². The smallest absolute Gasteiger partial charge is 0.411 e. The highest BCUT2D eigenvalue weighted by atomic mass is 19.1. The number of cyclic esters (lactones) is 1. The van der Waals surface area contributed by atoms with Crippen molar-refractivity contribution in [2.45, 2.75) is 141 Å². The number of aromatic nitrogens is 4. The molecule has 1 N–H and O–H groups in total. The SMILES string of the molecule is CC[C@H]1OC(=O)[C@@](C)(F)C(=O)[C@H](C)[C@@H](O[C@@H]2O[C@H](C)CC(N(C)C)C2O)[C@](C)(OC)C[C@@H](C)C(=O)[C@H](C)[C@H]2N(CC#CCn3cc(-c4cc(OC)ccn4)nn3)C(=O)O[C@]12C. The predicted octanol–water partition coefficient (Wildman–Crippen LogP) is 3.65. The lowest BCUT2D eigenvalue weighted by Gasteiger charge is -2.47. The topological polar surface area (TPSA) is 194 Å². The first-order valence-electron chi connectivity index (χ1n) is 20.7. The van der Waals surface area contributed by atoms with Gasteiger partial charge in [0.1, 0.15) is 36.0 Å². The van der Waals surface area contributed by atoms with Gasteiger partial charge in [0.05, 0.1) is 49.4 Å². The summed E-state index contributed by atoms with van der Waals surface area (Å²) in [6.07, 6.45) is -2.51. The lowest BCUT2D eigenvalue weighted by Crippen LogP contribution is -2.61. The molecule has 0 aromatic carbocycles. The number of carbonyl (C=O) groups is 4. The zero-order chi connectivity index (χ0) is 45.2. The van der Waals surface area contributed by atoms with Crippen molar-refractivity contribution in [2.75, 3.05) is 34.9 Å². The Bertz CT molecular complexity index is 1990. The number of nitrogens with zero attached hydrogens (tertiary/aromatic N) is 6. The van der Waals surface area contributed by atoms with Crippen LogP contribution in [0.1, 0.15) is 74.7 Å². The highest BCUT2D eigenvalue weighted by Crippen LogP contribution is 2.43. The summed E-state index contributed by atoms with van der Waals surface area (Å²) in [6, 6.07) is 2.00. The fraction of sp³-hybridized carbons (Fsp3) is 0.698. The van der Waals surface area contributed by atoms with Crippen LogP contribution in [0.4, 0.5) is 9.18 Å². The average molecular weight is 857 g/mol. The van der Waals surface area contributed by atoms with Crippen LogP contribution in [0.5, 0.6) is 5.75 Å². The molecule has 1 amide bonds. The second-order valence-electron chi connectivity index (χ2n) is 17.3. The fourth-order valence-corrected chi connectivity index (χ4v) is 9.09. The van der Waals surface area contributed by atoms with Gasteiger partial charge in [-0.1, -0.05) is 44.7 Å². The Morgan fingerprint density at radius 3 is 2.36 bits per heavy atom. The molecule has 0 spiro atoms. The first-order valence-corrected chi connectivity index (χ1v) is 20.7. The number of methoxy groups -OCH3 is 2. The molecule has 3 aliphatic heterocycles. The zero-order valence-corrected chi connectivity index (χ0v) is 37.2. The molecule has 0 radical (unpaired) electrons. The van der Waals surface area contributed by atoms with E-state index in [0.29, 0.717) is 23.6 Å². The number of Topliss-reactive ketones (excluding diaryl/α,β-unsaturated/α-hetero) is 2. The molecule has 2 unspecified atom stereocenters. The summed E-state index contributed by atoms with van der Waals surface area (Å²) in [7, 11) is 6.55. The number of hydrogen-bond donors (Lipinski definition) is 1. The minimum absolute atomic E-state index is 0.0359. The summed E-state index contributed by atoms with van der Waals surface area (Å²) in [4.78, 5) is 64.1. The maximum absolute atomic E-state index is 16.9. The molecule has 0 bridgehead atoms. The van der Waals surface area contributed by atoms with Gasteiger partial charge in [0, 0.05) is 43.2 Å². The van der Waals surface area contributed by atoms with Gasteiger partial charge in [-0.05, 0) is 67.1 Å². The van der Waals surface area contributed by atoms with Gasteiger partial charge in [0.25, 0.3) is 5.67 Å². The Hall–Kier alpha value is -4.54. The molecule has 336 valence electrons. The summed E-state index contributed by atoms with van der Waals surface area (Å²) in [5.74, 6) is 0.477. The third kappa shape index (κ3) is 9.61. The van der Waals surface area contributed by atoms with Crippen LogP contribution in [0.25, 0.3) is 11.4 Å². The fourth-order valence-electron chi connectivity index (χ4n) is 9.09. The Kier molecular flexibility index (Phi) is 14.7. The number of hydrogen-bond acceptors (Lipinski definition) is 15. The number of halogens is 1. The van der Waals surface area contributed by atoms with Crippen LogP contribution >= 0.6 is 0 Å². The molecular weight excluding hydrogens is 796 g/mol. The Morgan fingerprint density at radius 1 is 1.03 bits per heavy atom. The summed E-state index contributed by atoms with van der Waals surface area (Å²) in [6.45, 7) is 12.2. The van der Waals surface area contributed by atoms with E-state index in [4.69, 9.17) is 28.4 Å². The molecule has 13 atom stereocenters. The third-order valence-corrected chi connectivity index (χ3v) is 12.6. The number of fused-ring (bicyclic) bond motifs is 1. The second-order valence-corrected chi connectivity index (χ2v) is 17.3. The molecule has 5 rings (SSSR count). The summed E-state index contributed by atoms with van der Waals surface area (Å²) in [5, 5.41) is 19.7. The van der Waals surface area contributed by atoms with Crippen molar-refractivity contribution in [2.24, 2.45) is 17.8 Å². The van der Waals surface area contributed by atoms with Gasteiger partial charge in [-0.3, -0.25) is 19.5 Å². The Balaban J connectivity index is 1.49. The number of rotatable bonds is 9. The van der Waals surface area contributed by atoms with Gasteiger partial charge in [-0.15, -0.1) is 5.10 Å². The van der Waals surface area contributed by atoms with Gasteiger partial charge in [-0.2, -0.15) is 0 Å². The number of pyridine rings is 1. The summed E-state index contributed by atoms with van der Waals surface area (Å²) in [5.41, 5.74) is -5.33. The maximum atomic E-state index is 16.9. The van der Waals surface area contributed by atoms with E-state index in [2.05, 4.69) is 27.1 Å². The number of aliphatic hydroxyl groups excluding tert-OH is 1. The number of likely N-dealkylation sites (N-methyl/N-ethyl adjacent to an activating group) is 1. The standard InChI is InChI=1S/C43H61FN6O11/c1-13-32-43(8)35(50(40(55)61-43)19-15-14-18-49-23-30(46-47-49)29-21-28(56-11)16-17-45-29)26(4)33(51)24(2)22-41(6,57-12)37(27(5)36(53)42(7,44)39(54)59-32)60-38-34(52)31(48(9)10)20-25(3)58-38/h16-17,21,23-27,31-32,34-35,37-38,52H,13,18-20,22H2,1-12H3/t24-,25-,26+,27+,31?,32-,34?,35-,37-,38+,41-,42+,43-/m1/s1. The Morgan fingerprint density at radius 2 is 1.72 bits per heavy atom. The molecule has 2 aromatic rings. The van der Waals surface area contributed by atoms with Crippen LogP contribution in [0, 0.1) is 29.6 Å². The van der Waals surface area contributed by atoms with E-state index in [1.54, 1.807) is 59.3 Å². The number of amides is 1. The largest absolute Gasteiger partial charge is 0.497 e. The monoisotopic (exact) mass is 856 g/mol. The van der Waals surface area contributed by atoms with Crippen molar-refractivity contribution in [1.29, 1.82) is 0 Å². The average Bonchev–Trinajstić information content (AvgIpc) is 3.80. The molecule has 17 nitrogen and oxygen atoms in total. The van der Waals surface area contributed by atoms with Crippen LogP contribution < -0.4 is 4.74 Å². The van der Waals surface area contributed by atoms with Crippen molar-refractivity contribution >= 4 is 23.6 Å². The molecule has 18 heteroatoms. The quantitative estimate of drug-likeness (QED) is 0.218. The van der Waals surface area contributed by atoms with Crippen molar-refractivity contribution in [3.8, 4) is 29.0 Å². The lowest BCUT2D eigenvalue weighted by atomic mass is 9.73. The van der Waals surface area contributed by atoms with Crippen molar-refractivity contribution in [1.82, 2.24) is 29.8 Å². The number of ketones is 2. The molecule has 2 aromatic heterocycles. The molecule has 3 fully saturated rings. The van der Waals surface area contributed by atoms with Gasteiger partial charge in [-0.25, -0.2) is 18.7 Å². The first kappa shape index (κ1) is 47.5. The van der Waals surface area contributed by atoms with Crippen molar-refractivity contribution < 1.29 is 57.1 Å². The van der Waals surface area contributed by atoms with E-state index < -0.39 is 83.1 Å². The molecular formula is C43H61FN6O11. The van der Waals surface area contributed by atoms with E-state index in [-0.39, 0.29) is 43.9 Å². The second kappa shape index (κ2) is 18.8. The van der Waals surface area contributed by atoms with Crippen LogP contribution in [-0.2, 0) is 44.6 Å². The number of esters is 1. The van der Waals surface area contributed by atoms with Crippen molar-refractivity contribution in [3.05, 3.63) is 24.5 Å². The molecule has 61 heavy (non-hydrogen) atoms. The van der Waals surface area contributed by atoms with Crippen LogP contribution in [-0.4, -0.2) is 153 Å². The highest BCUT2D eigenvalue weighted by molar-refractivity contribution is 6.08. The molecule has 0 saturated carbocycles. The molecule has 3 aliphatic rings. The van der Waals surface area contributed by atoms with E-state index in [1.165, 1.54) is 30.5 Å². The van der Waals surface area contributed by atoms with E-state index >= 15 is 4.39 Å². The number of ether oxygens (including phenoxy) is 6. The minimum Gasteiger partial charge on any atom is -0.497 e. The lowest BCUT2D eigenvalue weighted by molar-refractivity contribution is -0.295. The number of alkyl halides is 1. The van der Waals surface area contributed by atoms with E-state index in [0.717, 1.165) is 6.92 Å². The molecule has 3 saturated heterocycles. The van der Waals surface area contributed by atoms with E-state index in [1.807, 2.05) is 25.9 Å². The Labute approximate surface area is 356 Å². The minimum atomic E-state index is -3.21. The van der Waals surface area contributed by atoms with Crippen LogP contribution in [0.15, 0.2) is 24.5 Å². The summed E-state index contributed by atoms with van der Waals surface area (Å²) >= 11 is 0.